The summed E-state index contributed by atoms with van der Waals surface area (Å²) in [5.41, 5.74) is -0.772. The molecular formula is C35H40ClN3O9S. The van der Waals surface area contributed by atoms with E-state index in [1.807, 2.05) is 13.8 Å². The smallest absolute Gasteiger partial charge is 0.410 e. The normalized spacial score (nSPS) is 22.6. The van der Waals surface area contributed by atoms with Gasteiger partial charge in [-0.05, 0) is 67.4 Å². The second-order valence-corrected chi connectivity index (χ2v) is 15.5. The third-order valence-corrected chi connectivity index (χ3v) is 11.0. The van der Waals surface area contributed by atoms with Crippen molar-refractivity contribution in [1.29, 1.82) is 0 Å². The van der Waals surface area contributed by atoms with Crippen LogP contribution in [0.2, 0.25) is 5.02 Å². The van der Waals surface area contributed by atoms with Gasteiger partial charge in [-0.15, -0.1) is 0 Å². The van der Waals surface area contributed by atoms with Gasteiger partial charge in [-0.2, -0.15) is 0 Å². The van der Waals surface area contributed by atoms with Gasteiger partial charge in [-0.3, -0.25) is 4.79 Å². The van der Waals surface area contributed by atoms with E-state index in [1.165, 1.54) is 55.5 Å². The Bertz CT molecular complexity index is 1860. The third kappa shape index (κ3) is 6.01. The molecule has 0 bridgehead atoms. The number of fused-ring (bicyclic) bond motifs is 1. The van der Waals surface area contributed by atoms with Crippen molar-refractivity contribution in [3.8, 4) is 11.5 Å². The number of carbonyl (C=O) groups is 2. The fraction of sp³-hybridized carbons (Fsp3) is 0.429. The Morgan fingerprint density at radius 2 is 1.65 bits per heavy atom. The maximum atomic E-state index is 15.5. The maximum absolute atomic E-state index is 15.5. The van der Waals surface area contributed by atoms with Crippen molar-refractivity contribution in [2.24, 2.45) is 5.41 Å². The number of halogens is 1. The van der Waals surface area contributed by atoms with Gasteiger partial charge in [0.15, 0.2) is 18.1 Å². The van der Waals surface area contributed by atoms with Crippen LogP contribution in [0.15, 0.2) is 65.6 Å². The van der Waals surface area contributed by atoms with Crippen molar-refractivity contribution in [3.05, 3.63) is 82.4 Å². The van der Waals surface area contributed by atoms with Crippen LogP contribution in [0, 0.1) is 5.41 Å². The Morgan fingerprint density at radius 1 is 0.959 bits per heavy atom. The number of nitrogens with zero attached hydrogens (tertiary/aromatic N) is 3. The molecule has 12 nitrogen and oxygen atoms in total. The molecule has 2 saturated heterocycles. The standard InChI is InChI=1S/C35H40ClN3O9S/c1-34(2)20-46-31(47-21-34)22-9-16-29(45-6)27(18-22)35(38-17-7-8-30(38)48-33(41)37(3)4)26-19-23(36)10-15-28(26)39(32(35)40)49(42,43)25-13-11-24(44-5)12-14-25/h9-16,18-19,30-31H,7-8,17,20-21H2,1-6H3/t30-,35?/m0/s1. The summed E-state index contributed by atoms with van der Waals surface area (Å²) < 4.78 is 59.3. The Kier molecular flexibility index (Phi) is 9.35. The first-order valence-electron chi connectivity index (χ1n) is 15.8. The number of carbonyl (C=O) groups excluding carboxylic acids is 2. The van der Waals surface area contributed by atoms with E-state index in [-0.39, 0.29) is 33.1 Å². The van der Waals surface area contributed by atoms with Crippen molar-refractivity contribution in [2.75, 3.05) is 52.4 Å². The molecule has 3 aromatic rings. The first-order valence-corrected chi connectivity index (χ1v) is 17.7. The van der Waals surface area contributed by atoms with Crippen LogP contribution < -0.4 is 13.8 Å². The van der Waals surface area contributed by atoms with E-state index in [0.29, 0.717) is 48.7 Å². The van der Waals surface area contributed by atoms with Crippen LogP contribution in [0.1, 0.15) is 49.7 Å². The molecule has 2 atom stereocenters. The summed E-state index contributed by atoms with van der Waals surface area (Å²) in [7, 11) is 1.56. The highest BCUT2D eigenvalue weighted by Gasteiger charge is 2.63. The molecule has 0 aliphatic carbocycles. The molecule has 2 fully saturated rings. The zero-order chi connectivity index (χ0) is 35.3. The SMILES string of the molecule is COc1ccc(S(=O)(=O)N2C(=O)C(c3cc(C4OCC(C)(C)CO4)ccc3OC)(N3CCC[C@@H]3OC(=O)N(C)C)c3cc(Cl)ccc32)cc1. The topological polar surface area (TPSA) is 124 Å². The van der Waals surface area contributed by atoms with Gasteiger partial charge in [0.05, 0.1) is 38.0 Å². The lowest BCUT2D eigenvalue weighted by Crippen LogP contribution is -2.57. The molecule has 0 aromatic heterocycles. The van der Waals surface area contributed by atoms with Crippen LogP contribution in [-0.4, -0.2) is 84.5 Å². The van der Waals surface area contributed by atoms with Gasteiger partial charge >= 0.3 is 6.09 Å². The van der Waals surface area contributed by atoms with Gasteiger partial charge in [0.1, 0.15) is 11.5 Å². The van der Waals surface area contributed by atoms with E-state index in [1.54, 1.807) is 43.3 Å². The first kappa shape index (κ1) is 35.0. The summed E-state index contributed by atoms with van der Waals surface area (Å²) in [6, 6.07) is 15.7. The number of anilines is 1. The largest absolute Gasteiger partial charge is 0.497 e. The van der Waals surface area contributed by atoms with Gasteiger partial charge in [-0.25, -0.2) is 22.4 Å². The zero-order valence-corrected chi connectivity index (χ0v) is 29.8. The molecule has 6 rings (SSSR count). The highest BCUT2D eigenvalue weighted by molar-refractivity contribution is 7.93. The van der Waals surface area contributed by atoms with Crippen LogP contribution in [0.3, 0.4) is 0 Å². The number of rotatable bonds is 8. The summed E-state index contributed by atoms with van der Waals surface area (Å²) in [4.78, 5) is 31.4. The second-order valence-electron chi connectivity index (χ2n) is 13.3. The zero-order valence-electron chi connectivity index (χ0n) is 28.3. The van der Waals surface area contributed by atoms with Crippen LogP contribution in [0.4, 0.5) is 10.5 Å². The molecule has 262 valence electrons. The number of methoxy groups -OCH3 is 2. The first-order chi connectivity index (χ1) is 23.2. The number of benzene rings is 3. The summed E-state index contributed by atoms with van der Waals surface area (Å²) in [6.07, 6.45) is -1.34. The van der Waals surface area contributed by atoms with Gasteiger partial charge in [0, 0.05) is 47.8 Å². The number of likely N-dealkylation sites (tertiary alicyclic amines) is 1. The van der Waals surface area contributed by atoms with E-state index in [4.69, 9.17) is 35.3 Å². The number of hydrogen-bond acceptors (Lipinski definition) is 10. The van der Waals surface area contributed by atoms with Crippen LogP contribution in [0.25, 0.3) is 0 Å². The number of sulfonamides is 1. The Labute approximate surface area is 291 Å². The minimum atomic E-state index is -4.51. The van der Waals surface area contributed by atoms with E-state index in [9.17, 15) is 13.2 Å². The maximum Gasteiger partial charge on any atom is 0.410 e. The van der Waals surface area contributed by atoms with Crippen molar-refractivity contribution in [2.45, 2.75) is 49.6 Å². The van der Waals surface area contributed by atoms with Crippen LogP contribution >= 0.6 is 11.6 Å². The summed E-state index contributed by atoms with van der Waals surface area (Å²) >= 11 is 6.65. The van der Waals surface area contributed by atoms with E-state index < -0.39 is 40.1 Å². The summed E-state index contributed by atoms with van der Waals surface area (Å²) in [5.74, 6) is -0.0594. The predicted molar refractivity (Wildman–Crippen MR) is 181 cm³/mol. The number of hydrogen-bond donors (Lipinski definition) is 0. The molecule has 0 saturated carbocycles. The second kappa shape index (κ2) is 13.1. The molecule has 1 unspecified atom stereocenters. The number of amides is 2. The molecule has 3 aromatic carbocycles. The fourth-order valence-corrected chi connectivity index (χ4v) is 8.27. The Balaban J connectivity index is 1.61. The van der Waals surface area contributed by atoms with Crippen molar-refractivity contribution in [1.82, 2.24) is 9.80 Å². The van der Waals surface area contributed by atoms with E-state index >= 15 is 4.79 Å². The third-order valence-electron chi connectivity index (χ3n) is 9.03. The minimum absolute atomic E-state index is 0.106. The average molecular weight is 714 g/mol. The molecule has 2 amide bonds. The lowest BCUT2D eigenvalue weighted by atomic mass is 9.80. The van der Waals surface area contributed by atoms with Gasteiger partial charge < -0.3 is 28.6 Å². The van der Waals surface area contributed by atoms with E-state index in [2.05, 4.69) is 0 Å². The lowest BCUT2D eigenvalue weighted by molar-refractivity contribution is -0.226. The molecular weight excluding hydrogens is 674 g/mol. The highest BCUT2D eigenvalue weighted by atomic mass is 35.5. The predicted octanol–water partition coefficient (Wildman–Crippen LogP) is 5.53. The molecule has 0 spiro atoms. The molecule has 0 radical (unpaired) electrons. The minimum Gasteiger partial charge on any atom is -0.497 e. The fourth-order valence-electron chi connectivity index (χ4n) is 6.63. The molecule has 3 aliphatic heterocycles. The Morgan fingerprint density at radius 3 is 2.29 bits per heavy atom. The van der Waals surface area contributed by atoms with Crippen molar-refractivity contribution < 1.29 is 41.7 Å². The summed E-state index contributed by atoms with van der Waals surface area (Å²) in [6.45, 7) is 5.22. The van der Waals surface area contributed by atoms with Crippen LogP contribution in [0.5, 0.6) is 11.5 Å². The van der Waals surface area contributed by atoms with Gasteiger partial charge in [0.2, 0.25) is 0 Å². The van der Waals surface area contributed by atoms with E-state index in [0.717, 1.165) is 4.31 Å². The summed E-state index contributed by atoms with van der Waals surface area (Å²) in [5, 5.41) is 0.275. The Hall–Kier alpha value is -3.88. The molecule has 3 heterocycles. The van der Waals surface area contributed by atoms with Crippen molar-refractivity contribution in [3.63, 3.8) is 0 Å². The molecule has 49 heavy (non-hydrogen) atoms. The number of ether oxygens (including phenoxy) is 5. The van der Waals surface area contributed by atoms with Crippen LogP contribution in [-0.2, 0) is 34.6 Å². The molecule has 14 heteroatoms. The molecule has 3 aliphatic rings. The quantitative estimate of drug-likeness (QED) is 0.295. The van der Waals surface area contributed by atoms with Crippen molar-refractivity contribution >= 4 is 39.3 Å². The lowest BCUT2D eigenvalue weighted by Gasteiger charge is -2.42. The highest BCUT2D eigenvalue weighted by Crippen LogP contribution is 2.55. The van der Waals surface area contributed by atoms with Gasteiger partial charge in [0.25, 0.3) is 15.9 Å². The average Bonchev–Trinajstić information content (AvgIpc) is 3.64. The molecule has 0 N–H and O–H groups in total. The van der Waals surface area contributed by atoms with Gasteiger partial charge in [-0.1, -0.05) is 31.5 Å². The monoisotopic (exact) mass is 713 g/mol.